The van der Waals surface area contributed by atoms with Gasteiger partial charge in [0.05, 0.1) is 50.1 Å². The van der Waals surface area contributed by atoms with E-state index in [1.165, 1.54) is 14.2 Å². The molecule has 5 N–H and O–H groups in total. The van der Waals surface area contributed by atoms with Gasteiger partial charge in [0.25, 0.3) is 0 Å². The summed E-state index contributed by atoms with van der Waals surface area (Å²) in [6.45, 7) is 5.09. The highest BCUT2D eigenvalue weighted by Crippen LogP contribution is 2.58. The summed E-state index contributed by atoms with van der Waals surface area (Å²) in [6, 6.07) is 19.6. The van der Waals surface area contributed by atoms with Gasteiger partial charge in [0.15, 0.2) is 0 Å². The molecule has 4 amide bonds. The SMILES string of the molecule is CNCCC(NC(=O)OC)C(=O)N1CC2(CC2)CC1c1ncc(-c2ccc3cc(-c4ccc(-c5cnc(C6C7CCC(C7)N6C(=O)C(NC(=O)OC)C(C)C)[nH]5)cc4)ccc3c2)[nH]1. The molecule has 2 saturated carbocycles. The lowest BCUT2D eigenvalue weighted by Gasteiger charge is -2.37. The van der Waals surface area contributed by atoms with Gasteiger partial charge in [-0.25, -0.2) is 19.6 Å². The van der Waals surface area contributed by atoms with Crippen LogP contribution in [0.3, 0.4) is 0 Å². The number of likely N-dealkylation sites (tertiary alicyclic amines) is 2. The number of alkyl carbamates (subject to hydrolysis) is 2. The van der Waals surface area contributed by atoms with Crippen LogP contribution in [0.5, 0.6) is 0 Å². The number of hydrogen-bond acceptors (Lipinski definition) is 9. The van der Waals surface area contributed by atoms with Gasteiger partial charge < -0.3 is 45.2 Å². The Morgan fingerprint density at radius 1 is 0.794 bits per heavy atom. The van der Waals surface area contributed by atoms with Gasteiger partial charge in [-0.05, 0) is 115 Å². The van der Waals surface area contributed by atoms with Crippen LogP contribution in [-0.4, -0.2) is 106 Å². The predicted molar refractivity (Wildman–Crippen MR) is 238 cm³/mol. The number of piperidine rings is 1. The summed E-state index contributed by atoms with van der Waals surface area (Å²) >= 11 is 0. The number of hydrogen-bond donors (Lipinski definition) is 5. The molecule has 2 aromatic heterocycles. The van der Waals surface area contributed by atoms with E-state index in [2.05, 4.69) is 86.6 Å². The third-order valence-corrected chi connectivity index (χ3v) is 13.9. The van der Waals surface area contributed by atoms with Crippen LogP contribution in [0.25, 0.3) is 44.4 Å². The first kappa shape index (κ1) is 42.1. The first-order chi connectivity index (χ1) is 30.5. The number of fused-ring (bicyclic) bond motifs is 3. The molecule has 15 heteroatoms. The molecule has 2 saturated heterocycles. The maximum absolute atomic E-state index is 14.0. The molecule has 3 aromatic carbocycles. The second-order valence-corrected chi connectivity index (χ2v) is 18.3. The Morgan fingerprint density at radius 2 is 1.41 bits per heavy atom. The maximum atomic E-state index is 14.0. The molecule has 5 aromatic rings. The Balaban J connectivity index is 0.889. The first-order valence-electron chi connectivity index (χ1n) is 22.2. The van der Waals surface area contributed by atoms with Gasteiger partial charge in [-0.3, -0.25) is 9.59 Å². The van der Waals surface area contributed by atoms with Gasteiger partial charge in [-0.1, -0.05) is 62.4 Å². The fraction of sp³-hybridized carbons (Fsp3) is 0.458. The molecule has 4 aliphatic rings. The molecule has 6 atom stereocenters. The minimum Gasteiger partial charge on any atom is -0.453 e. The fourth-order valence-electron chi connectivity index (χ4n) is 10.3. The molecule has 2 bridgehead atoms. The van der Waals surface area contributed by atoms with Crippen molar-refractivity contribution in [2.45, 2.75) is 89.0 Å². The maximum Gasteiger partial charge on any atom is 0.407 e. The summed E-state index contributed by atoms with van der Waals surface area (Å²) in [5.41, 5.74) is 6.07. The zero-order chi connectivity index (χ0) is 44.0. The lowest BCUT2D eigenvalue weighted by atomic mass is 9.95. The van der Waals surface area contributed by atoms with Crippen LogP contribution in [0.1, 0.15) is 82.5 Å². The molecule has 0 radical (unpaired) electrons. The van der Waals surface area contributed by atoms with Crippen LogP contribution in [0.2, 0.25) is 0 Å². The minimum atomic E-state index is -0.699. The summed E-state index contributed by atoms with van der Waals surface area (Å²) in [7, 11) is 4.44. The Kier molecular flexibility index (Phi) is 11.5. The number of methoxy groups -OCH3 is 2. The first-order valence-corrected chi connectivity index (χ1v) is 22.2. The standard InChI is InChI=1S/C48H57N9O6/c1-27(2)40(55-47(61)63-5)45(59)57-35-15-14-34(22-35)41(57)43-51-24-37(53-43)29-8-6-28(7-9-29)30-10-11-32-21-33(13-12-31(32)20-30)38-25-50-42(52-38)39-23-48(17-18-48)26-56(39)44(58)36(16-19-49-3)54-46(60)62-4/h6-13,20-21,24-25,27,34-36,39-41,49H,14-19,22-23,26H2,1-5H3,(H,50,52)(H,51,53)(H,54,60)(H,55,61). The Bertz CT molecular complexity index is 2510. The van der Waals surface area contributed by atoms with Crippen molar-refractivity contribution >= 4 is 34.8 Å². The third-order valence-electron chi connectivity index (χ3n) is 13.9. The van der Waals surface area contributed by atoms with Gasteiger partial charge in [-0.2, -0.15) is 0 Å². The smallest absolute Gasteiger partial charge is 0.407 e. The quantitative estimate of drug-likeness (QED) is 0.0823. The summed E-state index contributed by atoms with van der Waals surface area (Å²) in [6.07, 6.45) is 8.85. The molecule has 1 spiro atoms. The second kappa shape index (κ2) is 17.2. The van der Waals surface area contributed by atoms with E-state index in [1.807, 2.05) is 43.1 Å². The summed E-state index contributed by atoms with van der Waals surface area (Å²) in [4.78, 5) is 72.8. The Labute approximate surface area is 367 Å². The number of carbonyl (C=O) groups is 4. The molecule has 330 valence electrons. The third kappa shape index (κ3) is 8.26. The van der Waals surface area contributed by atoms with Crippen molar-refractivity contribution in [2.24, 2.45) is 17.3 Å². The second-order valence-electron chi connectivity index (χ2n) is 18.3. The minimum absolute atomic E-state index is 0.0913. The van der Waals surface area contributed by atoms with Crippen molar-refractivity contribution in [2.75, 3.05) is 34.4 Å². The molecule has 6 unspecified atom stereocenters. The van der Waals surface area contributed by atoms with Crippen LogP contribution in [-0.2, 0) is 19.1 Å². The number of benzene rings is 3. The number of nitrogens with one attached hydrogen (secondary N) is 5. The number of ether oxygens (including phenoxy) is 2. The van der Waals surface area contributed by atoms with Gasteiger partial charge in [0.1, 0.15) is 23.7 Å². The average Bonchev–Trinajstić information content (AvgIpc) is 3.94. The molecule has 2 aliphatic heterocycles. The average molecular weight is 856 g/mol. The van der Waals surface area contributed by atoms with Gasteiger partial charge >= 0.3 is 12.2 Å². The zero-order valence-electron chi connectivity index (χ0n) is 36.6. The topological polar surface area (TPSA) is 187 Å². The van der Waals surface area contributed by atoms with Gasteiger partial charge in [-0.15, -0.1) is 0 Å². The molecule has 9 rings (SSSR count). The highest BCUT2D eigenvalue weighted by Gasteiger charge is 2.55. The number of rotatable bonds is 13. The molecule has 15 nitrogen and oxygen atoms in total. The van der Waals surface area contributed by atoms with Crippen LogP contribution in [0.4, 0.5) is 9.59 Å². The van der Waals surface area contributed by atoms with E-state index in [9.17, 15) is 19.2 Å². The highest BCUT2D eigenvalue weighted by atomic mass is 16.5. The number of amides is 4. The largest absolute Gasteiger partial charge is 0.453 e. The van der Waals surface area contributed by atoms with Crippen LogP contribution >= 0.6 is 0 Å². The van der Waals surface area contributed by atoms with Crippen molar-refractivity contribution in [1.29, 1.82) is 0 Å². The van der Waals surface area contributed by atoms with Crippen molar-refractivity contribution < 1.29 is 28.7 Å². The Morgan fingerprint density at radius 3 is 2.10 bits per heavy atom. The van der Waals surface area contributed by atoms with Gasteiger partial charge in [0.2, 0.25) is 11.8 Å². The number of nitrogens with zero attached hydrogens (tertiary/aromatic N) is 4. The number of aromatic amines is 2. The van der Waals surface area contributed by atoms with E-state index >= 15 is 0 Å². The Hall–Kier alpha value is -6.22. The number of aromatic nitrogens is 4. The summed E-state index contributed by atoms with van der Waals surface area (Å²) in [5, 5.41) is 10.8. The summed E-state index contributed by atoms with van der Waals surface area (Å²) in [5.74, 6) is 1.53. The lowest BCUT2D eigenvalue weighted by Crippen LogP contribution is -2.54. The van der Waals surface area contributed by atoms with E-state index in [4.69, 9.17) is 19.4 Å². The van der Waals surface area contributed by atoms with E-state index in [0.29, 0.717) is 25.4 Å². The molecule has 4 heterocycles. The fourth-order valence-corrected chi connectivity index (χ4v) is 10.3. The van der Waals surface area contributed by atoms with E-state index in [0.717, 1.165) is 94.6 Å². The molecular formula is C48H57N9O6. The lowest BCUT2D eigenvalue weighted by molar-refractivity contribution is -0.139. The van der Waals surface area contributed by atoms with Crippen LogP contribution in [0, 0.1) is 17.3 Å². The van der Waals surface area contributed by atoms with E-state index in [-0.39, 0.29) is 41.3 Å². The van der Waals surface area contributed by atoms with Crippen molar-refractivity contribution in [1.82, 2.24) is 45.7 Å². The molecule has 2 aliphatic carbocycles. The van der Waals surface area contributed by atoms with E-state index < -0.39 is 24.3 Å². The molecular weight excluding hydrogens is 799 g/mol. The number of imidazole rings is 2. The van der Waals surface area contributed by atoms with Crippen molar-refractivity contribution in [3.05, 3.63) is 84.7 Å². The zero-order valence-corrected chi connectivity index (χ0v) is 36.6. The predicted octanol–water partition coefficient (Wildman–Crippen LogP) is 7.11. The van der Waals surface area contributed by atoms with Crippen LogP contribution < -0.4 is 16.0 Å². The monoisotopic (exact) mass is 855 g/mol. The van der Waals surface area contributed by atoms with Crippen molar-refractivity contribution in [3.63, 3.8) is 0 Å². The van der Waals surface area contributed by atoms with Crippen molar-refractivity contribution in [3.8, 4) is 33.6 Å². The molecule has 4 fully saturated rings. The van der Waals surface area contributed by atoms with Gasteiger partial charge in [0, 0.05) is 18.2 Å². The van der Waals surface area contributed by atoms with Crippen LogP contribution in [0.15, 0.2) is 73.1 Å². The van der Waals surface area contributed by atoms with E-state index in [1.54, 1.807) is 0 Å². The summed E-state index contributed by atoms with van der Waals surface area (Å²) < 4.78 is 9.67. The number of H-pyrrole nitrogens is 2. The highest BCUT2D eigenvalue weighted by molar-refractivity contribution is 5.91. The number of carbonyl (C=O) groups excluding carboxylic acids is 4. The molecule has 63 heavy (non-hydrogen) atoms. The normalized spacial score (nSPS) is 21.8.